The summed E-state index contributed by atoms with van der Waals surface area (Å²) in [5, 5.41) is 15.4. The van der Waals surface area contributed by atoms with E-state index in [1.165, 1.54) is 17.3 Å². The highest BCUT2D eigenvalue weighted by Gasteiger charge is 2.26. The molecule has 0 spiro atoms. The van der Waals surface area contributed by atoms with Crippen molar-refractivity contribution in [3.05, 3.63) is 46.8 Å². The maximum Gasteiger partial charge on any atom is 0.291 e. The van der Waals surface area contributed by atoms with Crippen molar-refractivity contribution in [1.82, 2.24) is 20.3 Å². The molecule has 2 heterocycles. The van der Waals surface area contributed by atoms with Gasteiger partial charge in [0.1, 0.15) is 11.8 Å². The van der Waals surface area contributed by atoms with Crippen LogP contribution in [0.5, 0.6) is 0 Å². The van der Waals surface area contributed by atoms with Crippen molar-refractivity contribution in [2.24, 2.45) is 5.92 Å². The molecule has 3 N–H and O–H groups in total. The number of carbonyl (C=O) groups excluding carboxylic acids is 1. The van der Waals surface area contributed by atoms with Crippen LogP contribution in [0.2, 0.25) is 0 Å². The largest absolute Gasteiger partial charge is 0.383 e. The summed E-state index contributed by atoms with van der Waals surface area (Å²) in [5.74, 6) is 0.173. The average Bonchev–Trinajstić information content (AvgIpc) is 3.26. The Balaban J connectivity index is 2.00. The maximum absolute atomic E-state index is 12.8. The van der Waals surface area contributed by atoms with Crippen LogP contribution in [0.25, 0.3) is 5.57 Å². The molecular weight excluding hydrogens is 404 g/mol. The number of nitrogens with zero attached hydrogens (tertiary/aromatic N) is 3. The van der Waals surface area contributed by atoms with E-state index in [2.05, 4.69) is 48.3 Å². The molecule has 8 heteroatoms. The zero-order valence-corrected chi connectivity index (χ0v) is 19.5. The van der Waals surface area contributed by atoms with Crippen LogP contribution >= 0.6 is 0 Å². The second-order valence-electron chi connectivity index (χ2n) is 8.80. The average molecular weight is 437 g/mol. The van der Waals surface area contributed by atoms with Gasteiger partial charge < -0.3 is 20.4 Å². The van der Waals surface area contributed by atoms with Crippen LogP contribution in [-0.2, 0) is 10.3 Å². The first-order valence-electron chi connectivity index (χ1n) is 11.0. The van der Waals surface area contributed by atoms with E-state index in [9.17, 15) is 4.79 Å². The minimum Gasteiger partial charge on any atom is -0.383 e. The number of hydrogen-bond acceptors (Lipinski definition) is 6. The lowest BCUT2D eigenvalue weighted by Crippen LogP contribution is -2.39. The predicted octanol–water partition coefficient (Wildman–Crippen LogP) is 3.99. The van der Waals surface area contributed by atoms with Crippen LogP contribution in [0.1, 0.15) is 74.7 Å². The molecule has 2 aromatic rings. The Morgan fingerprint density at radius 2 is 2.19 bits per heavy atom. The first-order chi connectivity index (χ1) is 15.3. The zero-order chi connectivity index (χ0) is 23.3. The summed E-state index contributed by atoms with van der Waals surface area (Å²) >= 11 is 0. The number of imidazole rings is 1. The summed E-state index contributed by atoms with van der Waals surface area (Å²) in [6, 6.07) is 5.79. The van der Waals surface area contributed by atoms with E-state index < -0.39 is 5.91 Å². The number of anilines is 1. The fourth-order valence-electron chi connectivity index (χ4n) is 3.97. The van der Waals surface area contributed by atoms with E-state index >= 15 is 0 Å². The molecule has 1 unspecified atom stereocenters. The van der Waals surface area contributed by atoms with Gasteiger partial charge in [0, 0.05) is 13.7 Å². The number of allylic oxidation sites excluding steroid dienone is 2. The fraction of sp³-hybridized carbons (Fsp3) is 0.500. The van der Waals surface area contributed by atoms with E-state index in [1.807, 2.05) is 18.2 Å². The van der Waals surface area contributed by atoms with Gasteiger partial charge >= 0.3 is 0 Å². The van der Waals surface area contributed by atoms with E-state index in [-0.39, 0.29) is 17.1 Å². The minimum atomic E-state index is -0.401. The molecule has 1 amide bonds. The van der Waals surface area contributed by atoms with Gasteiger partial charge in [-0.3, -0.25) is 4.79 Å². The second-order valence-corrected chi connectivity index (χ2v) is 8.80. The SMILES string of the molecule is COCCNC(C)(C)c1ccc(NC(=O)c2ncc(C#N)[nH]2)c(C2=C(C)C(C)CCC2)n1. The van der Waals surface area contributed by atoms with Crippen molar-refractivity contribution < 1.29 is 9.53 Å². The molecule has 0 aromatic carbocycles. The number of aromatic amines is 1. The summed E-state index contributed by atoms with van der Waals surface area (Å²) in [4.78, 5) is 24.6. The van der Waals surface area contributed by atoms with E-state index in [1.54, 1.807) is 7.11 Å². The van der Waals surface area contributed by atoms with E-state index in [0.29, 0.717) is 24.8 Å². The molecular formula is C24H32N6O2. The highest BCUT2D eigenvalue weighted by molar-refractivity contribution is 6.03. The van der Waals surface area contributed by atoms with Gasteiger partial charge in [-0.15, -0.1) is 0 Å². The van der Waals surface area contributed by atoms with Gasteiger partial charge in [-0.2, -0.15) is 5.26 Å². The van der Waals surface area contributed by atoms with Gasteiger partial charge in [-0.05, 0) is 63.7 Å². The first-order valence-corrected chi connectivity index (χ1v) is 11.0. The van der Waals surface area contributed by atoms with Crippen molar-refractivity contribution >= 4 is 17.2 Å². The smallest absolute Gasteiger partial charge is 0.291 e. The van der Waals surface area contributed by atoms with Crippen molar-refractivity contribution in [3.63, 3.8) is 0 Å². The molecule has 1 atom stereocenters. The number of pyridine rings is 1. The Morgan fingerprint density at radius 3 is 2.88 bits per heavy atom. The predicted molar refractivity (Wildman–Crippen MR) is 124 cm³/mol. The summed E-state index contributed by atoms with van der Waals surface area (Å²) in [5.41, 5.74) is 4.71. The van der Waals surface area contributed by atoms with Crippen molar-refractivity contribution in [3.8, 4) is 6.07 Å². The van der Waals surface area contributed by atoms with Crippen molar-refractivity contribution in [2.45, 2.75) is 52.5 Å². The second kappa shape index (κ2) is 10.1. The molecule has 0 radical (unpaired) electrons. The molecule has 1 aliphatic carbocycles. The number of hydrogen-bond donors (Lipinski definition) is 3. The maximum atomic E-state index is 12.8. The van der Waals surface area contributed by atoms with Gasteiger partial charge in [0.15, 0.2) is 5.82 Å². The number of carbonyl (C=O) groups is 1. The number of rotatable bonds is 8. The van der Waals surface area contributed by atoms with Crippen LogP contribution in [0.4, 0.5) is 5.69 Å². The normalized spacial score (nSPS) is 16.7. The molecule has 3 rings (SSSR count). The van der Waals surface area contributed by atoms with E-state index in [0.717, 1.165) is 30.7 Å². The molecule has 170 valence electrons. The number of aromatic nitrogens is 3. The highest BCUT2D eigenvalue weighted by atomic mass is 16.5. The highest BCUT2D eigenvalue weighted by Crippen LogP contribution is 2.38. The Labute approximate surface area is 189 Å². The summed E-state index contributed by atoms with van der Waals surface area (Å²) in [6.07, 6.45) is 4.52. The molecule has 1 aliphatic rings. The molecule has 0 saturated heterocycles. The van der Waals surface area contributed by atoms with Gasteiger partial charge in [-0.25, -0.2) is 9.97 Å². The molecule has 0 fully saturated rings. The van der Waals surface area contributed by atoms with Gasteiger partial charge in [0.25, 0.3) is 5.91 Å². The number of nitrogens with one attached hydrogen (secondary N) is 3. The first kappa shape index (κ1) is 23.6. The third-order valence-corrected chi connectivity index (χ3v) is 6.13. The van der Waals surface area contributed by atoms with Gasteiger partial charge in [0.2, 0.25) is 0 Å². The molecule has 0 aliphatic heterocycles. The summed E-state index contributed by atoms with van der Waals surface area (Å²) in [6.45, 7) is 9.89. The number of nitriles is 1. The number of methoxy groups -OCH3 is 1. The number of ether oxygens (including phenoxy) is 1. The number of H-pyrrole nitrogens is 1. The minimum absolute atomic E-state index is 0.0980. The van der Waals surface area contributed by atoms with E-state index in [4.69, 9.17) is 15.0 Å². The van der Waals surface area contributed by atoms with Crippen LogP contribution < -0.4 is 10.6 Å². The van der Waals surface area contributed by atoms with Crippen LogP contribution in [-0.4, -0.2) is 41.1 Å². The van der Waals surface area contributed by atoms with Crippen molar-refractivity contribution in [1.29, 1.82) is 5.26 Å². The zero-order valence-electron chi connectivity index (χ0n) is 19.5. The molecule has 8 nitrogen and oxygen atoms in total. The third-order valence-electron chi connectivity index (χ3n) is 6.13. The molecule has 0 saturated carbocycles. The topological polar surface area (TPSA) is 116 Å². The standard InChI is InChI=1S/C24H32N6O2/c1-15-7-6-8-18(16(15)2)21-19(29-23(31)22-26-14-17(13-25)28-22)9-10-20(30-21)24(3,4)27-11-12-32-5/h9-10,14-15,27H,6-8,11-12H2,1-5H3,(H,26,28)(H,29,31). The Kier molecular flexibility index (Phi) is 7.44. The number of amides is 1. The summed E-state index contributed by atoms with van der Waals surface area (Å²) in [7, 11) is 1.68. The quantitative estimate of drug-likeness (QED) is 0.539. The van der Waals surface area contributed by atoms with Crippen LogP contribution in [0.15, 0.2) is 23.9 Å². The lowest BCUT2D eigenvalue weighted by atomic mass is 9.83. The van der Waals surface area contributed by atoms with Gasteiger partial charge in [-0.1, -0.05) is 12.5 Å². The van der Waals surface area contributed by atoms with Crippen molar-refractivity contribution in [2.75, 3.05) is 25.6 Å². The Hall–Kier alpha value is -3.02. The fourth-order valence-corrected chi connectivity index (χ4v) is 3.97. The van der Waals surface area contributed by atoms with Gasteiger partial charge in [0.05, 0.1) is 35.4 Å². The Bertz CT molecular complexity index is 1050. The van der Waals surface area contributed by atoms with Crippen LogP contribution in [0.3, 0.4) is 0 Å². The molecule has 0 bridgehead atoms. The lowest BCUT2D eigenvalue weighted by Gasteiger charge is -2.29. The Morgan fingerprint density at radius 1 is 1.41 bits per heavy atom. The lowest BCUT2D eigenvalue weighted by molar-refractivity contribution is 0.101. The monoisotopic (exact) mass is 436 g/mol. The third kappa shape index (κ3) is 5.23. The molecule has 2 aromatic heterocycles. The molecule has 32 heavy (non-hydrogen) atoms. The summed E-state index contributed by atoms with van der Waals surface area (Å²) < 4.78 is 5.17. The van der Waals surface area contributed by atoms with Crippen LogP contribution in [0, 0.1) is 17.2 Å².